The molecule has 8 aromatic carbocycles. The summed E-state index contributed by atoms with van der Waals surface area (Å²) in [4.78, 5) is 7.83. The van der Waals surface area contributed by atoms with Crippen LogP contribution in [0, 0.1) is 6.92 Å². The van der Waals surface area contributed by atoms with Crippen LogP contribution in [0.4, 0.5) is 51.2 Å². The molecule has 0 saturated carbocycles. The lowest BCUT2D eigenvalue weighted by Gasteiger charge is -2.48. The maximum absolute atomic E-state index is 2.71. The van der Waals surface area contributed by atoms with Crippen LogP contribution in [0.2, 0.25) is 0 Å². The van der Waals surface area contributed by atoms with Crippen molar-refractivity contribution in [3.63, 3.8) is 0 Å². The molecule has 0 aromatic heterocycles. The Morgan fingerprint density at radius 1 is 0.411 bits per heavy atom. The predicted octanol–water partition coefficient (Wildman–Crippen LogP) is 17.2. The van der Waals surface area contributed by atoms with Crippen molar-refractivity contribution in [3.8, 4) is 11.1 Å². The first-order valence-electron chi connectivity index (χ1n) is 27.0. The number of fused-ring (bicyclic) bond motifs is 6. The molecule has 2 heterocycles. The summed E-state index contributed by atoms with van der Waals surface area (Å²) >= 11 is 0. The number of rotatable bonds is 6. The van der Waals surface area contributed by atoms with Gasteiger partial charge in [-0.2, -0.15) is 0 Å². The Balaban J connectivity index is 1.25. The Morgan fingerprint density at radius 2 is 0.932 bits per heavy atom. The topological polar surface area (TPSA) is 9.72 Å². The normalized spacial score (nSPS) is 17.5. The molecule has 366 valence electrons. The minimum atomic E-state index is -0.0586. The van der Waals surface area contributed by atoms with Gasteiger partial charge in [-0.3, -0.25) is 0 Å². The number of anilines is 9. The molecule has 0 bridgehead atoms. The number of para-hydroxylation sites is 2. The first-order valence-corrected chi connectivity index (χ1v) is 27.0. The SMILES string of the molecule is Cc1ccc(-c2ccccc2)cc1N1c2ccc(C(C)(C)C)cc2B2c3cc4c(cc3N(c3ccc5c(c3)C(C)(C)CCC5(C)C)c3cc(N(c5ccccc5)c5ccccc5)cc1c32)C(C)(C)CCC4(C)C. The number of nitrogens with zero attached hydrogens (tertiary/aromatic N) is 3. The molecule has 12 rings (SSSR count). The standard InChI is InChI=1S/C69H72BN3/c1-45-28-29-47(46-22-16-13-17-23-46)38-60(45)73-59-33-30-48(65(2,3)4)39-57(59)70-58-43-55-56(69(11,12)37-36-68(55,9)10)44-61(58)72(51-31-32-53-54(40-51)67(7,8)35-34-66(53,5)6)62-41-52(42-63(73)64(62)70)71(49-24-18-14-19-25-49)50-26-20-15-21-27-50/h13-33,38-44H,34-37H2,1-12H3. The molecule has 3 nitrogen and oxygen atoms in total. The van der Waals surface area contributed by atoms with E-state index in [2.05, 4.69) is 268 Å². The monoisotopic (exact) mass is 954 g/mol. The van der Waals surface area contributed by atoms with Gasteiger partial charge < -0.3 is 14.7 Å². The number of hydrogen-bond acceptors (Lipinski definition) is 3. The fourth-order valence-electron chi connectivity index (χ4n) is 13.2. The minimum Gasteiger partial charge on any atom is -0.311 e. The van der Waals surface area contributed by atoms with Gasteiger partial charge in [0.15, 0.2) is 0 Å². The molecule has 8 aromatic rings. The molecule has 0 radical (unpaired) electrons. The first kappa shape index (κ1) is 47.2. The van der Waals surface area contributed by atoms with Crippen molar-refractivity contribution in [2.45, 2.75) is 136 Å². The molecule has 0 N–H and O–H groups in total. The molecule has 2 aliphatic carbocycles. The Kier molecular flexibility index (Phi) is 10.8. The molecule has 0 saturated heterocycles. The molecule has 73 heavy (non-hydrogen) atoms. The van der Waals surface area contributed by atoms with E-state index in [1.54, 1.807) is 0 Å². The van der Waals surface area contributed by atoms with Gasteiger partial charge in [0.2, 0.25) is 0 Å². The summed E-state index contributed by atoms with van der Waals surface area (Å²) in [6, 6.07) is 65.4. The Bertz CT molecular complexity index is 3430. The quantitative estimate of drug-likeness (QED) is 0.154. The molecule has 0 atom stereocenters. The van der Waals surface area contributed by atoms with Crippen LogP contribution in [0.15, 0.2) is 170 Å². The van der Waals surface area contributed by atoms with Gasteiger partial charge in [0.1, 0.15) is 0 Å². The first-order chi connectivity index (χ1) is 34.7. The van der Waals surface area contributed by atoms with E-state index < -0.39 is 0 Å². The van der Waals surface area contributed by atoms with Gasteiger partial charge in [0.25, 0.3) is 6.71 Å². The number of aryl methyl sites for hydroxylation is 1. The molecule has 0 spiro atoms. The molecule has 0 fully saturated rings. The van der Waals surface area contributed by atoms with Crippen LogP contribution in [-0.2, 0) is 27.1 Å². The molecule has 2 aliphatic heterocycles. The summed E-state index contributed by atoms with van der Waals surface area (Å²) in [7, 11) is 0. The van der Waals surface area contributed by atoms with Crippen LogP contribution >= 0.6 is 0 Å². The molecule has 0 unspecified atom stereocenters. The van der Waals surface area contributed by atoms with Crippen LogP contribution in [0.5, 0.6) is 0 Å². The van der Waals surface area contributed by atoms with Gasteiger partial charge >= 0.3 is 0 Å². The van der Waals surface area contributed by atoms with Crippen LogP contribution in [0.25, 0.3) is 11.1 Å². The third kappa shape index (κ3) is 7.68. The Hall–Kier alpha value is -6.78. The number of hydrogen-bond donors (Lipinski definition) is 0. The van der Waals surface area contributed by atoms with Gasteiger partial charge in [0, 0.05) is 45.5 Å². The van der Waals surface area contributed by atoms with Gasteiger partial charge in [0.05, 0.1) is 5.69 Å². The summed E-state index contributed by atoms with van der Waals surface area (Å²) in [6.07, 6.45) is 4.65. The van der Waals surface area contributed by atoms with Crippen molar-refractivity contribution in [3.05, 3.63) is 203 Å². The van der Waals surface area contributed by atoms with Crippen molar-refractivity contribution in [1.29, 1.82) is 0 Å². The van der Waals surface area contributed by atoms with Crippen LogP contribution in [-0.4, -0.2) is 6.71 Å². The average Bonchev–Trinajstić information content (AvgIpc) is 3.37. The van der Waals surface area contributed by atoms with E-state index >= 15 is 0 Å². The highest BCUT2D eigenvalue weighted by atomic mass is 15.2. The van der Waals surface area contributed by atoms with E-state index in [0.717, 1.165) is 36.3 Å². The smallest absolute Gasteiger partial charge is 0.252 e. The predicted molar refractivity (Wildman–Crippen MR) is 315 cm³/mol. The van der Waals surface area contributed by atoms with Crippen molar-refractivity contribution in [1.82, 2.24) is 0 Å². The van der Waals surface area contributed by atoms with Crippen molar-refractivity contribution < 1.29 is 0 Å². The fourth-order valence-corrected chi connectivity index (χ4v) is 13.2. The second kappa shape index (κ2) is 16.6. The molecular formula is C69H72BN3. The molecule has 0 amide bonds. The Labute approximate surface area is 437 Å². The van der Waals surface area contributed by atoms with E-state index in [0.29, 0.717) is 0 Å². The van der Waals surface area contributed by atoms with E-state index in [9.17, 15) is 0 Å². The lowest BCUT2D eigenvalue weighted by molar-refractivity contribution is 0.332. The third-order valence-corrected chi connectivity index (χ3v) is 17.8. The fraction of sp³-hybridized carbons (Fsp3) is 0.304. The van der Waals surface area contributed by atoms with Gasteiger partial charge in [-0.05, 0) is 187 Å². The zero-order chi connectivity index (χ0) is 51.0. The highest BCUT2D eigenvalue weighted by Gasteiger charge is 2.48. The summed E-state index contributed by atoms with van der Waals surface area (Å²) in [6.45, 7) is 29.2. The van der Waals surface area contributed by atoms with E-state index in [1.165, 1.54) is 101 Å². The second-order valence-corrected chi connectivity index (χ2v) is 25.6. The van der Waals surface area contributed by atoms with E-state index in [4.69, 9.17) is 0 Å². The van der Waals surface area contributed by atoms with Gasteiger partial charge in [-0.15, -0.1) is 0 Å². The maximum atomic E-state index is 2.71. The summed E-state index contributed by atoms with van der Waals surface area (Å²) in [5.74, 6) is 0. The lowest BCUT2D eigenvalue weighted by atomic mass is 9.33. The molecular weight excluding hydrogens is 882 g/mol. The summed E-state index contributed by atoms with van der Waals surface area (Å²) < 4.78 is 0. The van der Waals surface area contributed by atoms with E-state index in [-0.39, 0.29) is 33.8 Å². The summed E-state index contributed by atoms with van der Waals surface area (Å²) in [5.41, 5.74) is 25.9. The van der Waals surface area contributed by atoms with Gasteiger partial charge in [-0.25, -0.2) is 0 Å². The average molecular weight is 954 g/mol. The zero-order valence-electron chi connectivity index (χ0n) is 45.4. The lowest BCUT2D eigenvalue weighted by Crippen LogP contribution is -2.62. The van der Waals surface area contributed by atoms with Crippen LogP contribution in [0.1, 0.15) is 135 Å². The molecule has 4 heteroatoms. The van der Waals surface area contributed by atoms with Crippen molar-refractivity contribution in [2.75, 3.05) is 14.7 Å². The van der Waals surface area contributed by atoms with E-state index in [1.807, 2.05) is 0 Å². The largest absolute Gasteiger partial charge is 0.311 e. The zero-order valence-corrected chi connectivity index (χ0v) is 45.4. The summed E-state index contributed by atoms with van der Waals surface area (Å²) in [5, 5.41) is 0. The third-order valence-electron chi connectivity index (χ3n) is 17.8. The van der Waals surface area contributed by atoms with Crippen molar-refractivity contribution >= 4 is 74.3 Å². The van der Waals surface area contributed by atoms with Crippen LogP contribution < -0.4 is 31.1 Å². The maximum Gasteiger partial charge on any atom is 0.252 e. The van der Waals surface area contributed by atoms with Gasteiger partial charge in [-0.1, -0.05) is 179 Å². The Morgan fingerprint density at radius 3 is 1.52 bits per heavy atom. The van der Waals surface area contributed by atoms with Crippen molar-refractivity contribution in [2.24, 2.45) is 0 Å². The number of benzene rings is 8. The minimum absolute atomic E-state index is 0.0140. The second-order valence-electron chi connectivity index (χ2n) is 25.6. The highest BCUT2D eigenvalue weighted by molar-refractivity contribution is 7.00. The van der Waals surface area contributed by atoms with Crippen LogP contribution in [0.3, 0.4) is 0 Å². The molecule has 4 aliphatic rings. The highest BCUT2D eigenvalue weighted by Crippen LogP contribution is 2.54.